The van der Waals surface area contributed by atoms with Crippen LogP contribution in [-0.4, -0.2) is 278 Å². The molecule has 10 atom stereocenters. The minimum Gasteiger partial charge on any atom is -0.461 e. The summed E-state index contributed by atoms with van der Waals surface area (Å²) >= 11 is 0. The van der Waals surface area contributed by atoms with Crippen molar-refractivity contribution in [3.63, 3.8) is 0 Å². The Labute approximate surface area is 710 Å². The summed E-state index contributed by atoms with van der Waals surface area (Å²) in [7, 11) is 3.03. The number of hydrogen-bond acceptors (Lipinski definition) is 27. The number of Topliss-reactive ketones (excluding diaryl/α,β-unsaturated/α-hetero) is 2. The first-order chi connectivity index (χ1) is 58.5. The number of oxazole rings is 1. The van der Waals surface area contributed by atoms with Gasteiger partial charge in [0.15, 0.2) is 17.0 Å². The van der Waals surface area contributed by atoms with E-state index in [1.165, 1.54) is 23.9 Å². The van der Waals surface area contributed by atoms with Crippen molar-refractivity contribution in [3.8, 4) is 11.3 Å². The fourth-order valence-corrected chi connectivity index (χ4v) is 17.2. The van der Waals surface area contributed by atoms with Crippen LogP contribution in [0.5, 0.6) is 0 Å². The Hall–Kier alpha value is -8.44. The first-order valence-electron chi connectivity index (χ1n) is 43.6. The molecule has 0 spiro atoms. The second kappa shape index (κ2) is 46.9. The van der Waals surface area contributed by atoms with Crippen LogP contribution in [0.15, 0.2) is 94.7 Å². The number of anilines is 2. The normalized spacial score (nSPS) is 26.5. The van der Waals surface area contributed by atoms with E-state index in [0.29, 0.717) is 241 Å². The number of piperidine rings is 1. The van der Waals surface area contributed by atoms with Crippen LogP contribution in [0.2, 0.25) is 0 Å². The average molecular weight is 1690 g/mol. The van der Waals surface area contributed by atoms with Gasteiger partial charge in [-0.2, -0.15) is 10.1 Å². The van der Waals surface area contributed by atoms with Crippen LogP contribution in [-0.2, 0) is 95.6 Å². The van der Waals surface area contributed by atoms with Gasteiger partial charge < -0.3 is 92.9 Å². The van der Waals surface area contributed by atoms with Gasteiger partial charge in [0.2, 0.25) is 11.7 Å². The fourth-order valence-electron chi connectivity index (χ4n) is 17.2. The fraction of sp³-hybridized carbons (Fsp3) is 0.644. The molecule has 4 fully saturated rings. The molecule has 121 heavy (non-hydrogen) atoms. The van der Waals surface area contributed by atoms with Crippen LogP contribution in [0.4, 0.5) is 16.6 Å². The van der Waals surface area contributed by atoms with E-state index in [-0.39, 0.29) is 67.0 Å². The Balaban J connectivity index is 0.517. The molecule has 2 bridgehead atoms. The van der Waals surface area contributed by atoms with E-state index < -0.39 is 65.9 Å². The molecule has 5 aliphatic heterocycles. The Morgan fingerprint density at radius 2 is 1.40 bits per heavy atom. The number of fused-ring (bicyclic) bond motifs is 6. The summed E-state index contributed by atoms with van der Waals surface area (Å²) in [6.07, 6.45) is 18.5. The van der Waals surface area contributed by atoms with Gasteiger partial charge in [-0.25, -0.2) is 24.2 Å². The number of nitrogens with zero attached hydrogens (tertiary/aromatic N) is 9. The predicted molar refractivity (Wildman–Crippen MR) is 453 cm³/mol. The Bertz CT molecular complexity index is 4320. The molecule has 8 heterocycles. The Kier molecular flexibility index (Phi) is 36.1. The smallest absolute Gasteiger partial charge is 0.410 e. The molecule has 31 nitrogen and oxygen atoms in total. The number of cyclic esters (lactones) is 1. The summed E-state index contributed by atoms with van der Waals surface area (Å²) in [5, 5.41) is 29.0. The topological polar surface area (TPSA) is 379 Å². The number of carbonyl (C=O) groups excluding carboxylic acids is 6. The maximum absolute atomic E-state index is 14.5. The zero-order valence-corrected chi connectivity index (χ0v) is 71.9. The van der Waals surface area contributed by atoms with Crippen LogP contribution in [0.3, 0.4) is 0 Å². The van der Waals surface area contributed by atoms with Gasteiger partial charge in [0.05, 0.1) is 110 Å². The lowest BCUT2D eigenvalue weighted by atomic mass is 9.83. The first-order valence-corrected chi connectivity index (χ1v) is 43.6. The summed E-state index contributed by atoms with van der Waals surface area (Å²) in [4.78, 5) is 104. The van der Waals surface area contributed by atoms with Gasteiger partial charge in [0.1, 0.15) is 53.8 Å². The monoisotopic (exact) mass is 1680 g/mol. The molecule has 11 rings (SSSR count). The van der Waals surface area contributed by atoms with Crippen LogP contribution >= 0.6 is 0 Å². The molecule has 1 aliphatic carbocycles. The number of methoxy groups -OCH3 is 2. The largest absolute Gasteiger partial charge is 0.461 e. The summed E-state index contributed by atoms with van der Waals surface area (Å²) in [5.41, 5.74) is 20.2. The number of carbonyl (C=O) groups is 6. The molecule has 31 heteroatoms. The molecule has 2 aromatic carbocycles. The molecule has 3 saturated heterocycles. The zero-order valence-electron chi connectivity index (χ0n) is 71.9. The van der Waals surface area contributed by atoms with Gasteiger partial charge in [-0.15, -0.1) is 0 Å². The van der Waals surface area contributed by atoms with E-state index in [1.54, 1.807) is 25.0 Å². The number of piperazine rings is 1. The van der Waals surface area contributed by atoms with Crippen LogP contribution in [0, 0.1) is 23.7 Å². The first kappa shape index (κ1) is 93.3. The maximum Gasteiger partial charge on any atom is 0.410 e. The van der Waals surface area contributed by atoms with Crippen molar-refractivity contribution in [1.29, 1.82) is 0 Å². The predicted octanol–water partition coefficient (Wildman–Crippen LogP) is 9.88. The molecule has 1 saturated carbocycles. The number of benzene rings is 2. The number of esters is 1. The lowest BCUT2D eigenvalue weighted by molar-refractivity contribution is -0.245. The number of ether oxygens (including phenoxy) is 11. The molecule has 664 valence electrons. The summed E-state index contributed by atoms with van der Waals surface area (Å²) in [6, 6.07) is 10.9. The van der Waals surface area contributed by atoms with E-state index in [0.717, 1.165) is 54.5 Å². The molecule has 1 unspecified atom stereocenters. The van der Waals surface area contributed by atoms with Crippen molar-refractivity contribution in [2.75, 3.05) is 151 Å². The molecule has 5 aromatic rings. The quantitative estimate of drug-likeness (QED) is 0.0144. The van der Waals surface area contributed by atoms with E-state index in [9.17, 15) is 39.0 Å². The third-order valence-electron chi connectivity index (χ3n) is 24.2. The summed E-state index contributed by atoms with van der Waals surface area (Å²) in [5.74, 6) is -5.01. The summed E-state index contributed by atoms with van der Waals surface area (Å²) < 4.78 is 71.8. The number of nitrogen functional groups attached to an aromatic ring is 2. The highest BCUT2D eigenvalue weighted by atomic mass is 16.6. The number of amides is 3. The molecule has 3 aromatic heterocycles. The molecule has 6 aliphatic rings. The number of rotatable bonds is 30. The molecular weight excluding hydrogens is 1560 g/mol. The van der Waals surface area contributed by atoms with Crippen molar-refractivity contribution in [2.24, 2.45) is 23.7 Å². The Morgan fingerprint density at radius 3 is 2.11 bits per heavy atom. The lowest BCUT2D eigenvalue weighted by Gasteiger charge is -2.39. The number of ketones is 2. The van der Waals surface area contributed by atoms with Gasteiger partial charge >= 0.3 is 12.1 Å². The van der Waals surface area contributed by atoms with Crippen molar-refractivity contribution in [3.05, 3.63) is 107 Å². The second-order valence-corrected chi connectivity index (χ2v) is 33.3. The Morgan fingerprint density at radius 1 is 0.686 bits per heavy atom. The van der Waals surface area contributed by atoms with Gasteiger partial charge in [-0.05, 0) is 174 Å². The van der Waals surface area contributed by atoms with Gasteiger partial charge in [-0.1, -0.05) is 75.4 Å². The molecule has 6 N–H and O–H groups in total. The molecule has 0 radical (unpaired) electrons. The maximum atomic E-state index is 14.5. The standard InChI is InChI=1S/C90H129N11O20/c1-60-14-9-8-10-15-62(3)76(110-6)56-72-16-13-32-90(109,121-72)83(105)86(106)100-33-12-11-17-74(100)87(107)118-70(25-18-61(2)53-64(5)81(104)82(111-7)80(103)63(4)52-60)26-20-65-21-27-71(28-22-65)119-89(108)98-37-35-97(36-38-98)39-41-113-43-45-115-47-49-117-51-50-116-48-46-114-44-42-112-40-31-77(102)99-34-30-67-54-66(19-23-69(67)58-99)57-101-85-78(84(91)93-59-94-85)79(96-101)68-24-29-75-73(55-68)95-88(92)120-75/h8-10,14-15,19,23-24,29,53-55,59-61,63,65,70-72,74,76,81-82,104,109H,11-13,16-18,20-22,25-28,30-52,56-58H2,1-7H3,(H2,92,95)(H2,91,93,94)/b10-8?,14-9+,62-15?,64-53+/t60-,61+,63-,65?,70+,71?,72?,74+,76+,81-,82+,90-/m1/s1. The van der Waals surface area contributed by atoms with Crippen molar-refractivity contribution >= 4 is 69.4 Å². The molecular formula is C90H129N11O20. The van der Waals surface area contributed by atoms with Gasteiger partial charge in [0, 0.05) is 90.9 Å². The molecule has 3 amide bonds. The highest BCUT2D eigenvalue weighted by Gasteiger charge is 2.50. The third kappa shape index (κ3) is 27.0. The number of allylic oxidation sites excluding steroid dienone is 6. The number of aromatic nitrogens is 5. The zero-order chi connectivity index (χ0) is 85.8. The number of aliphatic hydroxyl groups excluding tert-OH is 1. The minimum absolute atomic E-state index is 0.0452. The number of hydrogen-bond donors (Lipinski definition) is 4. The van der Waals surface area contributed by atoms with Gasteiger partial charge in [0.25, 0.3) is 17.7 Å². The van der Waals surface area contributed by atoms with Crippen molar-refractivity contribution in [2.45, 2.75) is 212 Å². The van der Waals surface area contributed by atoms with Crippen molar-refractivity contribution in [1.82, 2.24) is 44.3 Å². The van der Waals surface area contributed by atoms with E-state index >= 15 is 0 Å². The van der Waals surface area contributed by atoms with Crippen LogP contribution in [0.1, 0.15) is 160 Å². The average Bonchev–Trinajstić information content (AvgIpc) is 1.59. The van der Waals surface area contributed by atoms with E-state index in [1.807, 2.05) is 85.9 Å². The van der Waals surface area contributed by atoms with Crippen LogP contribution in [0.25, 0.3) is 33.4 Å². The lowest BCUT2D eigenvalue weighted by Crippen LogP contribution is -2.58. The van der Waals surface area contributed by atoms with Crippen LogP contribution < -0.4 is 11.5 Å². The minimum atomic E-state index is -2.37. The van der Waals surface area contributed by atoms with E-state index in [2.05, 4.69) is 38.1 Å². The van der Waals surface area contributed by atoms with E-state index in [4.69, 9.17) is 73.1 Å². The van der Waals surface area contributed by atoms with Gasteiger partial charge in [-0.3, -0.25) is 24.1 Å². The van der Waals surface area contributed by atoms with Crippen molar-refractivity contribution < 1.29 is 95.5 Å². The third-order valence-corrected chi connectivity index (χ3v) is 24.2. The highest BCUT2D eigenvalue weighted by Crippen LogP contribution is 2.37. The number of nitrogens with two attached hydrogens (primary N) is 2. The highest BCUT2D eigenvalue weighted by molar-refractivity contribution is 6.39. The second-order valence-electron chi connectivity index (χ2n) is 33.3. The summed E-state index contributed by atoms with van der Waals surface area (Å²) in [6.45, 7) is 19.7. The SMILES string of the molecule is CO[C@H]1CC2CCC[C@@](O)(O2)C(=O)C(=O)N2CCCC[C@H]2C(=O)O[C@H](CCC2CCC(OC(=O)N3CCN(CCOCCOCCOCCOCCOCCOCCC(=O)N4CCc5cc(Cn6nc(-c7ccc8oc(N)nc8c7)c7c(N)ncnc76)ccc5C4)CC3)CC2)CC[C@H](C)/C=C(\C)[C@@H](O)[C@@H](OC)C(=O)[C@H](C)C[C@H](C)/C=C/C=CC=C1C. The number of aliphatic hydroxyl groups is 2.